The molecule has 84 valence electrons. The van der Waals surface area contributed by atoms with Crippen LogP contribution in [0.5, 0.6) is 0 Å². The van der Waals surface area contributed by atoms with Gasteiger partial charge < -0.3 is 20.2 Å². The third-order valence-corrected chi connectivity index (χ3v) is 2.53. The molecule has 1 aromatic heterocycles. The number of hydrogen-bond donors (Lipinski definition) is 2. The summed E-state index contributed by atoms with van der Waals surface area (Å²) in [6.45, 7) is 0. The van der Waals surface area contributed by atoms with Crippen LogP contribution in [0.4, 0.5) is 5.82 Å². The zero-order valence-corrected chi connectivity index (χ0v) is 9.34. The summed E-state index contributed by atoms with van der Waals surface area (Å²) in [6.07, 6.45) is -0.332. The molecule has 1 aromatic rings. The molecule has 0 atom stereocenters. The Bertz CT molecular complexity index is 364. The summed E-state index contributed by atoms with van der Waals surface area (Å²) >= 11 is 1.31. The Hall–Kier alpha value is -1.05. The van der Waals surface area contributed by atoms with E-state index in [0.29, 0.717) is 10.9 Å². The fourth-order valence-electron chi connectivity index (χ4n) is 0.901. The second kappa shape index (κ2) is 5.74. The minimum absolute atomic E-state index is 0.202. The summed E-state index contributed by atoms with van der Waals surface area (Å²) in [4.78, 5) is 17.5. The van der Waals surface area contributed by atoms with Gasteiger partial charge in [-0.15, -0.1) is 0 Å². The number of hydrogen-bond acceptors (Lipinski definition) is 6. The van der Waals surface area contributed by atoms with Gasteiger partial charge in [-0.25, -0.2) is 4.98 Å². The van der Waals surface area contributed by atoms with E-state index in [-0.39, 0.29) is 17.7 Å². The Morgan fingerprint density at radius 1 is 1.60 bits per heavy atom. The van der Waals surface area contributed by atoms with Crippen molar-refractivity contribution in [3.8, 4) is 0 Å². The van der Waals surface area contributed by atoms with Gasteiger partial charge in [-0.1, -0.05) is 11.8 Å². The number of rotatable bonds is 5. The predicted octanol–water partition coefficient (Wildman–Crippen LogP) is 0.0631. The molecule has 0 radical (unpaired) electrons. The number of nitrogen functional groups attached to an aromatic ring is 1. The van der Waals surface area contributed by atoms with E-state index in [2.05, 4.69) is 9.97 Å². The second-order valence-corrected chi connectivity index (χ2v) is 3.70. The van der Waals surface area contributed by atoms with Gasteiger partial charge in [0, 0.05) is 20.3 Å². The van der Waals surface area contributed by atoms with Crippen molar-refractivity contribution in [3.05, 3.63) is 16.4 Å². The summed E-state index contributed by atoms with van der Waals surface area (Å²) in [5, 5.41) is 0.458. The molecule has 0 aliphatic rings. The molecule has 3 N–H and O–H groups in total. The third-order valence-electron chi connectivity index (χ3n) is 1.62. The number of methoxy groups -OCH3 is 2. The Balaban J connectivity index is 2.61. The maximum Gasteiger partial charge on any atom is 0.253 e. The molecule has 0 aliphatic carbocycles. The van der Waals surface area contributed by atoms with Crippen molar-refractivity contribution in [1.82, 2.24) is 9.97 Å². The zero-order valence-electron chi connectivity index (χ0n) is 8.52. The van der Waals surface area contributed by atoms with Crippen LogP contribution in [0.1, 0.15) is 0 Å². The lowest BCUT2D eigenvalue weighted by molar-refractivity contribution is -0.0842. The molecular formula is C8H13N3O3S. The first kappa shape index (κ1) is 12.0. The van der Waals surface area contributed by atoms with Gasteiger partial charge in [0.15, 0.2) is 11.4 Å². The van der Waals surface area contributed by atoms with Gasteiger partial charge >= 0.3 is 0 Å². The van der Waals surface area contributed by atoms with Gasteiger partial charge in [-0.3, -0.25) is 4.79 Å². The van der Waals surface area contributed by atoms with E-state index in [1.54, 1.807) is 14.2 Å². The van der Waals surface area contributed by atoms with E-state index in [1.165, 1.54) is 17.8 Å². The average Bonchev–Trinajstić information content (AvgIpc) is 2.18. The van der Waals surface area contributed by atoms with E-state index in [0.717, 1.165) is 0 Å². The lowest BCUT2D eigenvalue weighted by atomic mass is 10.6. The number of anilines is 1. The molecule has 15 heavy (non-hydrogen) atoms. The van der Waals surface area contributed by atoms with Crippen molar-refractivity contribution < 1.29 is 9.47 Å². The summed E-state index contributed by atoms with van der Waals surface area (Å²) in [7, 11) is 3.09. The van der Waals surface area contributed by atoms with Crippen LogP contribution >= 0.6 is 11.8 Å². The summed E-state index contributed by atoms with van der Waals surface area (Å²) in [6, 6.07) is 1.23. The number of aromatic nitrogens is 2. The van der Waals surface area contributed by atoms with Crippen LogP contribution in [-0.4, -0.2) is 36.2 Å². The molecule has 0 bridgehead atoms. The number of ether oxygens (including phenoxy) is 2. The van der Waals surface area contributed by atoms with Gasteiger partial charge in [0.25, 0.3) is 5.56 Å². The highest BCUT2D eigenvalue weighted by Crippen LogP contribution is 2.14. The number of nitrogens with two attached hydrogens (primary N) is 1. The number of nitrogens with zero attached hydrogens (tertiary/aromatic N) is 1. The van der Waals surface area contributed by atoms with Crippen molar-refractivity contribution in [2.24, 2.45) is 0 Å². The standard InChI is InChI=1S/C8H13N3O3S/c1-13-7(14-2)4-15-8-10-5(9)3-6(12)11-8/h3,7H,4H2,1-2H3,(H3,9,10,11,12). The monoisotopic (exact) mass is 231 g/mol. The lowest BCUT2D eigenvalue weighted by Gasteiger charge is -2.11. The van der Waals surface area contributed by atoms with Gasteiger partial charge in [0.05, 0.1) is 5.75 Å². The van der Waals surface area contributed by atoms with E-state index < -0.39 is 0 Å². The molecule has 0 saturated carbocycles. The number of aromatic amines is 1. The molecule has 0 aromatic carbocycles. The van der Waals surface area contributed by atoms with Crippen molar-refractivity contribution in [3.63, 3.8) is 0 Å². The van der Waals surface area contributed by atoms with Crippen LogP contribution < -0.4 is 11.3 Å². The van der Waals surface area contributed by atoms with Crippen molar-refractivity contribution in [2.45, 2.75) is 11.4 Å². The van der Waals surface area contributed by atoms with Gasteiger partial charge in [-0.05, 0) is 0 Å². The largest absolute Gasteiger partial charge is 0.383 e. The first-order chi connectivity index (χ1) is 7.15. The topological polar surface area (TPSA) is 90.2 Å². The van der Waals surface area contributed by atoms with E-state index in [9.17, 15) is 4.79 Å². The molecule has 1 rings (SSSR count). The van der Waals surface area contributed by atoms with Crippen molar-refractivity contribution in [2.75, 3.05) is 25.7 Å². The number of thioether (sulfide) groups is 1. The first-order valence-corrected chi connectivity index (χ1v) is 5.19. The fraction of sp³-hybridized carbons (Fsp3) is 0.500. The fourth-order valence-corrected chi connectivity index (χ4v) is 1.81. The molecular weight excluding hydrogens is 218 g/mol. The van der Waals surface area contributed by atoms with E-state index >= 15 is 0 Å². The lowest BCUT2D eigenvalue weighted by Crippen LogP contribution is -2.17. The van der Waals surface area contributed by atoms with Crippen LogP contribution in [0.25, 0.3) is 0 Å². The molecule has 1 heterocycles. The molecule has 0 aliphatic heterocycles. The van der Waals surface area contributed by atoms with Gasteiger partial charge in [0.1, 0.15) is 5.82 Å². The summed E-state index contributed by atoms with van der Waals surface area (Å²) in [5.74, 6) is 0.729. The van der Waals surface area contributed by atoms with E-state index in [4.69, 9.17) is 15.2 Å². The molecule has 0 saturated heterocycles. The van der Waals surface area contributed by atoms with Crippen LogP contribution in [0.3, 0.4) is 0 Å². The highest BCUT2D eigenvalue weighted by molar-refractivity contribution is 7.99. The quantitative estimate of drug-likeness (QED) is 0.423. The summed E-state index contributed by atoms with van der Waals surface area (Å²) in [5.41, 5.74) is 5.16. The van der Waals surface area contributed by atoms with Crippen molar-refractivity contribution in [1.29, 1.82) is 0 Å². The normalized spacial score (nSPS) is 10.9. The second-order valence-electron chi connectivity index (χ2n) is 2.69. The molecule has 0 fully saturated rings. The average molecular weight is 231 g/mol. The predicted molar refractivity (Wildman–Crippen MR) is 57.8 cm³/mol. The third kappa shape index (κ3) is 3.90. The van der Waals surface area contributed by atoms with Gasteiger partial charge in [0.2, 0.25) is 0 Å². The Labute approximate surface area is 91.2 Å². The minimum atomic E-state index is -0.332. The highest BCUT2D eigenvalue weighted by Gasteiger charge is 2.07. The van der Waals surface area contributed by atoms with Crippen molar-refractivity contribution >= 4 is 17.6 Å². The highest BCUT2D eigenvalue weighted by atomic mass is 32.2. The van der Waals surface area contributed by atoms with Crippen LogP contribution in [0.2, 0.25) is 0 Å². The minimum Gasteiger partial charge on any atom is -0.383 e. The van der Waals surface area contributed by atoms with Gasteiger partial charge in [-0.2, -0.15) is 0 Å². The maximum absolute atomic E-state index is 11.0. The SMILES string of the molecule is COC(CSc1nc(N)cc(=O)[nH]1)OC. The zero-order chi connectivity index (χ0) is 11.3. The Morgan fingerprint density at radius 2 is 2.27 bits per heavy atom. The maximum atomic E-state index is 11.0. The number of H-pyrrole nitrogens is 1. The number of nitrogens with one attached hydrogen (secondary N) is 1. The van der Waals surface area contributed by atoms with E-state index in [1.807, 2.05) is 0 Å². The molecule has 0 amide bonds. The van der Waals surface area contributed by atoms with Crippen LogP contribution in [0, 0.1) is 0 Å². The smallest absolute Gasteiger partial charge is 0.253 e. The molecule has 0 unspecified atom stereocenters. The molecule has 6 nitrogen and oxygen atoms in total. The molecule has 7 heteroatoms. The van der Waals surface area contributed by atoms with Crippen LogP contribution in [-0.2, 0) is 9.47 Å². The molecule has 0 spiro atoms. The Kier molecular flexibility index (Phi) is 4.60. The summed E-state index contributed by atoms with van der Waals surface area (Å²) < 4.78 is 9.98. The Morgan fingerprint density at radius 3 is 2.80 bits per heavy atom. The first-order valence-electron chi connectivity index (χ1n) is 4.21. The van der Waals surface area contributed by atoms with Crippen LogP contribution in [0.15, 0.2) is 16.0 Å².